The van der Waals surface area contributed by atoms with Crippen molar-refractivity contribution in [3.8, 4) is 23.0 Å². The highest BCUT2D eigenvalue weighted by Gasteiger charge is 2.28. The van der Waals surface area contributed by atoms with Crippen LogP contribution in [0.25, 0.3) is 0 Å². The van der Waals surface area contributed by atoms with Gasteiger partial charge in [-0.1, -0.05) is 12.1 Å². The minimum Gasteiger partial charge on any atom is -0.497 e. The molecule has 0 bridgehead atoms. The van der Waals surface area contributed by atoms with Gasteiger partial charge in [-0.15, -0.1) is 0 Å². The average molecular weight is 529 g/mol. The van der Waals surface area contributed by atoms with E-state index in [4.69, 9.17) is 18.9 Å². The standard InChI is InChI=1S/C27H32N2O7S/c1-19-13-20(2)15-21(14-19)29(37(31,32)24-9-10-25(34-4)26(17-24)35-5)18-27(30)28-11-12-36-23-8-6-7-22(16-23)33-3/h6-10,13-17H,11-12,18H2,1-5H3,(H,28,30). The summed E-state index contributed by atoms with van der Waals surface area (Å²) in [6.45, 7) is 3.71. The first-order chi connectivity index (χ1) is 17.7. The zero-order valence-corrected chi connectivity index (χ0v) is 22.4. The Kier molecular flexibility index (Phi) is 9.24. The molecule has 1 amide bonds. The van der Waals surface area contributed by atoms with Crippen molar-refractivity contribution >= 4 is 21.6 Å². The van der Waals surface area contributed by atoms with Gasteiger partial charge in [-0.3, -0.25) is 9.10 Å². The maximum absolute atomic E-state index is 13.7. The molecule has 0 saturated carbocycles. The molecule has 0 aromatic heterocycles. The van der Waals surface area contributed by atoms with E-state index in [1.54, 1.807) is 43.5 Å². The molecule has 3 aromatic carbocycles. The fraction of sp³-hybridized carbons (Fsp3) is 0.296. The van der Waals surface area contributed by atoms with E-state index in [1.807, 2.05) is 19.9 Å². The van der Waals surface area contributed by atoms with Crippen LogP contribution in [-0.2, 0) is 14.8 Å². The van der Waals surface area contributed by atoms with Gasteiger partial charge in [0.1, 0.15) is 24.7 Å². The largest absolute Gasteiger partial charge is 0.497 e. The third-order valence-corrected chi connectivity index (χ3v) is 7.23. The molecule has 198 valence electrons. The van der Waals surface area contributed by atoms with Crippen molar-refractivity contribution in [3.05, 3.63) is 71.8 Å². The van der Waals surface area contributed by atoms with Crippen LogP contribution in [0, 0.1) is 13.8 Å². The van der Waals surface area contributed by atoms with Crippen LogP contribution in [-0.4, -0.2) is 55.4 Å². The van der Waals surface area contributed by atoms with Gasteiger partial charge in [0.05, 0.1) is 38.5 Å². The lowest BCUT2D eigenvalue weighted by Gasteiger charge is -2.25. The summed E-state index contributed by atoms with van der Waals surface area (Å²) >= 11 is 0. The predicted octanol–water partition coefficient (Wildman–Crippen LogP) is 3.72. The van der Waals surface area contributed by atoms with Crippen molar-refractivity contribution < 1.29 is 32.2 Å². The Balaban J connectivity index is 1.80. The summed E-state index contributed by atoms with van der Waals surface area (Å²) in [5.74, 6) is 1.45. The van der Waals surface area contributed by atoms with E-state index < -0.39 is 22.5 Å². The van der Waals surface area contributed by atoms with Crippen LogP contribution >= 0.6 is 0 Å². The Bertz CT molecular complexity index is 1320. The molecule has 9 nitrogen and oxygen atoms in total. The summed E-state index contributed by atoms with van der Waals surface area (Å²) in [4.78, 5) is 12.8. The topological polar surface area (TPSA) is 103 Å². The van der Waals surface area contributed by atoms with E-state index >= 15 is 0 Å². The van der Waals surface area contributed by atoms with E-state index in [2.05, 4.69) is 5.32 Å². The first-order valence-corrected chi connectivity index (χ1v) is 13.0. The van der Waals surface area contributed by atoms with Gasteiger partial charge in [-0.05, 0) is 61.4 Å². The molecule has 0 aliphatic rings. The molecule has 0 aliphatic carbocycles. The minimum atomic E-state index is -4.13. The van der Waals surface area contributed by atoms with Crippen molar-refractivity contribution in [2.75, 3.05) is 45.3 Å². The number of benzene rings is 3. The minimum absolute atomic E-state index is 0.0292. The second kappa shape index (κ2) is 12.4. The van der Waals surface area contributed by atoms with E-state index in [-0.39, 0.29) is 23.8 Å². The van der Waals surface area contributed by atoms with Crippen LogP contribution in [0.5, 0.6) is 23.0 Å². The lowest BCUT2D eigenvalue weighted by Crippen LogP contribution is -2.42. The van der Waals surface area contributed by atoms with Gasteiger partial charge in [-0.2, -0.15) is 0 Å². The highest BCUT2D eigenvalue weighted by molar-refractivity contribution is 7.92. The number of hydrogen-bond donors (Lipinski definition) is 1. The number of methoxy groups -OCH3 is 3. The van der Waals surface area contributed by atoms with E-state index in [9.17, 15) is 13.2 Å². The molecule has 0 spiro atoms. The number of hydrogen-bond acceptors (Lipinski definition) is 7. The number of nitrogens with one attached hydrogen (secondary N) is 1. The van der Waals surface area contributed by atoms with Crippen LogP contribution in [0.3, 0.4) is 0 Å². The normalized spacial score (nSPS) is 10.9. The molecule has 0 saturated heterocycles. The van der Waals surface area contributed by atoms with Crippen LogP contribution in [0.4, 0.5) is 5.69 Å². The second-order valence-electron chi connectivity index (χ2n) is 8.25. The van der Waals surface area contributed by atoms with Crippen molar-refractivity contribution in [3.63, 3.8) is 0 Å². The van der Waals surface area contributed by atoms with Gasteiger partial charge < -0.3 is 24.3 Å². The first-order valence-electron chi connectivity index (χ1n) is 11.5. The summed E-state index contributed by atoms with van der Waals surface area (Å²) in [5.41, 5.74) is 2.12. The summed E-state index contributed by atoms with van der Waals surface area (Å²) in [6, 6.07) is 16.8. The Hall–Kier alpha value is -3.92. The van der Waals surface area contributed by atoms with Crippen molar-refractivity contribution in [1.29, 1.82) is 0 Å². The molecule has 1 N–H and O–H groups in total. The molecule has 0 fully saturated rings. The number of amides is 1. The molecule has 0 heterocycles. The van der Waals surface area contributed by atoms with Gasteiger partial charge in [0.15, 0.2) is 11.5 Å². The number of anilines is 1. The number of carbonyl (C=O) groups is 1. The summed E-state index contributed by atoms with van der Waals surface area (Å²) in [6.07, 6.45) is 0. The molecule has 0 aliphatic heterocycles. The fourth-order valence-electron chi connectivity index (χ4n) is 3.75. The number of ether oxygens (including phenoxy) is 4. The maximum atomic E-state index is 13.7. The smallest absolute Gasteiger partial charge is 0.264 e. The van der Waals surface area contributed by atoms with Crippen LogP contribution in [0.15, 0.2) is 65.6 Å². The lowest BCUT2D eigenvalue weighted by atomic mass is 10.1. The lowest BCUT2D eigenvalue weighted by molar-refractivity contribution is -0.119. The quantitative estimate of drug-likeness (QED) is 0.358. The van der Waals surface area contributed by atoms with Crippen molar-refractivity contribution in [2.45, 2.75) is 18.7 Å². The molecule has 3 rings (SSSR count). The van der Waals surface area contributed by atoms with Gasteiger partial charge >= 0.3 is 0 Å². The predicted molar refractivity (Wildman–Crippen MR) is 141 cm³/mol. The van der Waals surface area contributed by atoms with E-state index in [0.717, 1.165) is 15.4 Å². The molecule has 0 atom stereocenters. The summed E-state index contributed by atoms with van der Waals surface area (Å²) < 4.78 is 49.9. The Labute approximate surface area is 218 Å². The van der Waals surface area contributed by atoms with Gasteiger partial charge in [0.25, 0.3) is 10.0 Å². The number of nitrogens with zero attached hydrogens (tertiary/aromatic N) is 1. The van der Waals surface area contributed by atoms with Crippen molar-refractivity contribution in [2.24, 2.45) is 0 Å². The van der Waals surface area contributed by atoms with Crippen LogP contribution < -0.4 is 28.6 Å². The molecular formula is C27H32N2O7S. The number of rotatable bonds is 12. The van der Waals surface area contributed by atoms with Gasteiger partial charge in [0.2, 0.25) is 5.91 Å². The molecule has 0 radical (unpaired) electrons. The monoisotopic (exact) mass is 528 g/mol. The first kappa shape index (κ1) is 27.7. The number of carbonyl (C=O) groups excluding carboxylic acids is 1. The maximum Gasteiger partial charge on any atom is 0.264 e. The van der Waals surface area contributed by atoms with Gasteiger partial charge in [0, 0.05) is 12.1 Å². The Morgan fingerprint density at radius 1 is 0.838 bits per heavy atom. The zero-order valence-electron chi connectivity index (χ0n) is 21.6. The van der Waals surface area contributed by atoms with E-state index in [1.165, 1.54) is 32.4 Å². The number of sulfonamides is 1. The third-order valence-electron chi connectivity index (χ3n) is 5.46. The number of aryl methyl sites for hydroxylation is 2. The zero-order chi connectivity index (χ0) is 27.0. The molecule has 37 heavy (non-hydrogen) atoms. The third kappa shape index (κ3) is 7.07. The molecular weight excluding hydrogens is 496 g/mol. The molecule has 0 unspecified atom stereocenters. The summed E-state index contributed by atoms with van der Waals surface area (Å²) in [7, 11) is 0.333. The fourth-order valence-corrected chi connectivity index (χ4v) is 5.17. The Morgan fingerprint density at radius 2 is 1.51 bits per heavy atom. The van der Waals surface area contributed by atoms with Crippen LogP contribution in [0.1, 0.15) is 11.1 Å². The van der Waals surface area contributed by atoms with Crippen molar-refractivity contribution in [1.82, 2.24) is 5.32 Å². The van der Waals surface area contributed by atoms with E-state index in [0.29, 0.717) is 22.9 Å². The average Bonchev–Trinajstić information content (AvgIpc) is 2.88. The highest BCUT2D eigenvalue weighted by atomic mass is 32.2. The molecule has 10 heteroatoms. The second-order valence-corrected chi connectivity index (χ2v) is 10.1. The Morgan fingerprint density at radius 3 is 2.16 bits per heavy atom. The highest BCUT2D eigenvalue weighted by Crippen LogP contribution is 2.32. The van der Waals surface area contributed by atoms with Crippen LogP contribution in [0.2, 0.25) is 0 Å². The van der Waals surface area contributed by atoms with Gasteiger partial charge in [-0.25, -0.2) is 8.42 Å². The summed E-state index contributed by atoms with van der Waals surface area (Å²) in [5, 5.41) is 2.73. The SMILES string of the molecule is COc1cccc(OCCNC(=O)CN(c2cc(C)cc(C)c2)S(=O)(=O)c2ccc(OC)c(OC)c2)c1. The molecule has 3 aromatic rings.